The molecular weight excluding hydrogens is 302 g/mol. The highest BCUT2D eigenvalue weighted by Gasteiger charge is 2.26. The number of carbonyl (C=O) groups is 2. The van der Waals surface area contributed by atoms with E-state index in [0.717, 1.165) is 24.8 Å². The van der Waals surface area contributed by atoms with Gasteiger partial charge in [0.2, 0.25) is 5.91 Å². The van der Waals surface area contributed by atoms with Crippen LogP contribution in [0.3, 0.4) is 0 Å². The molecule has 4 heteroatoms. The fourth-order valence-corrected chi connectivity index (χ4v) is 3.28. The van der Waals surface area contributed by atoms with Crippen LogP contribution < -0.4 is 5.32 Å². The maximum absolute atomic E-state index is 12.7. The summed E-state index contributed by atoms with van der Waals surface area (Å²) in [4.78, 5) is 23.8. The summed E-state index contributed by atoms with van der Waals surface area (Å²) < 4.78 is 0. The third-order valence-corrected chi connectivity index (χ3v) is 4.71. The monoisotopic (exact) mass is 323 g/mol. The highest BCUT2D eigenvalue weighted by Crippen LogP contribution is 2.32. The Kier molecular flexibility index (Phi) is 4.65. The first-order valence-electron chi connectivity index (χ1n) is 8.27. The number of amides is 1. The second-order valence-corrected chi connectivity index (χ2v) is 6.32. The van der Waals surface area contributed by atoms with Crippen molar-refractivity contribution < 1.29 is 14.7 Å². The number of carbonyl (C=O) groups excluding carboxylic acids is 1. The van der Waals surface area contributed by atoms with E-state index in [0.29, 0.717) is 11.3 Å². The summed E-state index contributed by atoms with van der Waals surface area (Å²) in [5.41, 5.74) is 3.69. The predicted octanol–water partition coefficient (Wildman–Crippen LogP) is 3.93. The molecule has 0 bridgehead atoms. The van der Waals surface area contributed by atoms with Gasteiger partial charge in [-0.1, -0.05) is 36.4 Å². The van der Waals surface area contributed by atoms with E-state index in [2.05, 4.69) is 11.4 Å². The number of aliphatic carboxylic acids is 1. The van der Waals surface area contributed by atoms with Crippen molar-refractivity contribution in [1.29, 1.82) is 0 Å². The maximum atomic E-state index is 12.7. The van der Waals surface area contributed by atoms with Crippen LogP contribution in [0.5, 0.6) is 0 Å². The highest BCUT2D eigenvalue weighted by molar-refractivity contribution is 5.96. The summed E-state index contributed by atoms with van der Waals surface area (Å²) >= 11 is 0. The molecule has 0 saturated heterocycles. The van der Waals surface area contributed by atoms with E-state index in [1.807, 2.05) is 18.2 Å². The van der Waals surface area contributed by atoms with Crippen LogP contribution >= 0.6 is 0 Å². The summed E-state index contributed by atoms with van der Waals surface area (Å²) in [6.07, 6.45) is 2.87. The highest BCUT2D eigenvalue weighted by atomic mass is 16.4. The molecule has 24 heavy (non-hydrogen) atoms. The minimum Gasteiger partial charge on any atom is -0.481 e. The lowest BCUT2D eigenvalue weighted by atomic mass is 9.82. The lowest BCUT2D eigenvalue weighted by molar-refractivity contribution is -0.138. The summed E-state index contributed by atoms with van der Waals surface area (Å²) in [5.74, 6) is -1.64. The molecule has 3 rings (SSSR count). The van der Waals surface area contributed by atoms with Gasteiger partial charge in [-0.05, 0) is 55.0 Å². The van der Waals surface area contributed by atoms with Gasteiger partial charge in [-0.15, -0.1) is 0 Å². The van der Waals surface area contributed by atoms with Gasteiger partial charge in [0, 0.05) is 5.69 Å². The van der Waals surface area contributed by atoms with Crippen molar-refractivity contribution in [2.45, 2.75) is 38.0 Å². The van der Waals surface area contributed by atoms with Gasteiger partial charge in [-0.25, -0.2) is 0 Å². The normalized spacial score (nSPS) is 17.6. The van der Waals surface area contributed by atoms with Crippen LogP contribution in [0, 0.1) is 0 Å². The van der Waals surface area contributed by atoms with E-state index in [-0.39, 0.29) is 11.8 Å². The second-order valence-electron chi connectivity index (χ2n) is 6.32. The Hall–Kier alpha value is -2.62. The van der Waals surface area contributed by atoms with Gasteiger partial charge in [0.1, 0.15) is 0 Å². The van der Waals surface area contributed by atoms with E-state index < -0.39 is 11.9 Å². The van der Waals surface area contributed by atoms with Gasteiger partial charge in [-0.2, -0.15) is 0 Å². The van der Waals surface area contributed by atoms with Gasteiger partial charge in [-0.3, -0.25) is 9.59 Å². The van der Waals surface area contributed by atoms with E-state index in [1.165, 1.54) is 5.56 Å². The SMILES string of the molecule is CC(C(=O)O)c1cccc(NC(=O)C2CCCc3ccccc32)c1. The summed E-state index contributed by atoms with van der Waals surface area (Å²) in [7, 11) is 0. The molecule has 1 amide bonds. The molecule has 2 N–H and O–H groups in total. The van der Waals surface area contributed by atoms with Crippen LogP contribution in [0.4, 0.5) is 5.69 Å². The van der Waals surface area contributed by atoms with Gasteiger partial charge < -0.3 is 10.4 Å². The van der Waals surface area contributed by atoms with Crippen LogP contribution in [0.15, 0.2) is 48.5 Å². The van der Waals surface area contributed by atoms with Gasteiger partial charge in [0.25, 0.3) is 0 Å². The van der Waals surface area contributed by atoms with Crippen LogP contribution in [0.1, 0.15) is 48.3 Å². The Morgan fingerprint density at radius 1 is 1.17 bits per heavy atom. The number of anilines is 1. The number of nitrogens with one attached hydrogen (secondary N) is 1. The van der Waals surface area contributed by atoms with E-state index in [9.17, 15) is 9.59 Å². The number of rotatable bonds is 4. The van der Waals surface area contributed by atoms with E-state index in [4.69, 9.17) is 5.11 Å². The molecule has 2 aromatic rings. The van der Waals surface area contributed by atoms with E-state index >= 15 is 0 Å². The summed E-state index contributed by atoms with van der Waals surface area (Å²) in [6.45, 7) is 1.64. The minimum absolute atomic E-state index is 0.0257. The Morgan fingerprint density at radius 2 is 1.96 bits per heavy atom. The first-order valence-corrected chi connectivity index (χ1v) is 8.27. The fraction of sp³-hybridized carbons (Fsp3) is 0.300. The third kappa shape index (κ3) is 3.32. The standard InChI is InChI=1S/C20H21NO3/c1-13(20(23)24)15-8-4-9-16(12-15)21-19(22)18-11-5-7-14-6-2-3-10-17(14)18/h2-4,6,8-10,12-13,18H,5,7,11H2,1H3,(H,21,22)(H,23,24). The molecule has 0 spiro atoms. The lowest BCUT2D eigenvalue weighted by Gasteiger charge is -2.24. The predicted molar refractivity (Wildman–Crippen MR) is 93.2 cm³/mol. The van der Waals surface area contributed by atoms with Gasteiger partial charge in [0.05, 0.1) is 11.8 Å². The van der Waals surface area contributed by atoms with Crippen molar-refractivity contribution in [2.75, 3.05) is 5.32 Å². The molecule has 0 heterocycles. The average Bonchev–Trinajstić information content (AvgIpc) is 2.60. The largest absolute Gasteiger partial charge is 0.481 e. The molecule has 2 aromatic carbocycles. The number of hydrogen-bond acceptors (Lipinski definition) is 2. The minimum atomic E-state index is -0.875. The smallest absolute Gasteiger partial charge is 0.310 e. The van der Waals surface area contributed by atoms with E-state index in [1.54, 1.807) is 31.2 Å². The summed E-state index contributed by atoms with van der Waals surface area (Å²) in [6, 6.07) is 15.2. The molecule has 2 atom stereocenters. The fourth-order valence-electron chi connectivity index (χ4n) is 3.28. The molecule has 4 nitrogen and oxygen atoms in total. The van der Waals surface area contributed by atoms with Crippen LogP contribution in [0.25, 0.3) is 0 Å². The first kappa shape index (κ1) is 16.2. The molecular formula is C20H21NO3. The number of benzene rings is 2. The van der Waals surface area contributed by atoms with Crippen molar-refractivity contribution in [3.8, 4) is 0 Å². The topological polar surface area (TPSA) is 66.4 Å². The van der Waals surface area contributed by atoms with Crippen LogP contribution in [-0.4, -0.2) is 17.0 Å². The third-order valence-electron chi connectivity index (χ3n) is 4.71. The molecule has 0 aromatic heterocycles. The Morgan fingerprint density at radius 3 is 2.75 bits per heavy atom. The number of carboxylic acid groups (broad SMARTS) is 1. The Balaban J connectivity index is 1.79. The van der Waals surface area contributed by atoms with Crippen molar-refractivity contribution >= 4 is 17.6 Å². The molecule has 124 valence electrons. The van der Waals surface area contributed by atoms with Crippen LogP contribution in [-0.2, 0) is 16.0 Å². The second kappa shape index (κ2) is 6.87. The zero-order chi connectivity index (χ0) is 17.1. The summed E-state index contributed by atoms with van der Waals surface area (Å²) in [5, 5.41) is 12.1. The zero-order valence-electron chi connectivity index (χ0n) is 13.7. The molecule has 0 radical (unpaired) electrons. The van der Waals surface area contributed by atoms with Crippen molar-refractivity contribution in [2.24, 2.45) is 0 Å². The number of fused-ring (bicyclic) bond motifs is 1. The molecule has 0 aliphatic heterocycles. The Bertz CT molecular complexity index is 769. The lowest BCUT2D eigenvalue weighted by Crippen LogP contribution is -2.24. The van der Waals surface area contributed by atoms with Crippen molar-refractivity contribution in [3.63, 3.8) is 0 Å². The molecule has 0 saturated carbocycles. The Labute approximate surface area is 141 Å². The average molecular weight is 323 g/mol. The number of hydrogen-bond donors (Lipinski definition) is 2. The van der Waals surface area contributed by atoms with Crippen molar-refractivity contribution in [3.05, 3.63) is 65.2 Å². The molecule has 2 unspecified atom stereocenters. The zero-order valence-corrected chi connectivity index (χ0v) is 13.7. The number of carboxylic acids is 1. The molecule has 1 aliphatic carbocycles. The maximum Gasteiger partial charge on any atom is 0.310 e. The quantitative estimate of drug-likeness (QED) is 0.896. The molecule has 1 aliphatic rings. The van der Waals surface area contributed by atoms with Crippen molar-refractivity contribution in [1.82, 2.24) is 0 Å². The molecule has 0 fully saturated rings. The van der Waals surface area contributed by atoms with Gasteiger partial charge >= 0.3 is 5.97 Å². The number of aryl methyl sites for hydroxylation is 1. The first-order chi connectivity index (χ1) is 11.6. The van der Waals surface area contributed by atoms with Crippen LogP contribution in [0.2, 0.25) is 0 Å². The van der Waals surface area contributed by atoms with Gasteiger partial charge in [0.15, 0.2) is 0 Å².